The zero-order valence-corrected chi connectivity index (χ0v) is 14.6. The van der Waals surface area contributed by atoms with Gasteiger partial charge in [0, 0.05) is 23.5 Å². The summed E-state index contributed by atoms with van der Waals surface area (Å²) >= 11 is 1.36. The normalized spacial score (nSPS) is 10.8. The van der Waals surface area contributed by atoms with Gasteiger partial charge in [-0.3, -0.25) is 4.79 Å². The Morgan fingerprint density at radius 2 is 1.92 bits per heavy atom. The third-order valence-electron chi connectivity index (χ3n) is 3.66. The zero-order chi connectivity index (χ0) is 17.1. The summed E-state index contributed by atoms with van der Waals surface area (Å²) in [5, 5.41) is 5.37. The molecule has 1 amide bonds. The number of nitrogens with zero attached hydrogens (tertiary/aromatic N) is 3. The van der Waals surface area contributed by atoms with Gasteiger partial charge in [-0.1, -0.05) is 32.0 Å². The molecule has 5 nitrogen and oxygen atoms in total. The van der Waals surface area contributed by atoms with Crippen molar-refractivity contribution in [1.29, 1.82) is 0 Å². The van der Waals surface area contributed by atoms with Crippen molar-refractivity contribution in [2.24, 2.45) is 0 Å². The van der Waals surface area contributed by atoms with Gasteiger partial charge in [0.15, 0.2) is 10.8 Å². The van der Waals surface area contributed by atoms with Crippen LogP contribution in [0.1, 0.15) is 41.4 Å². The summed E-state index contributed by atoms with van der Waals surface area (Å²) in [6.45, 7) is 6.21. The third kappa shape index (κ3) is 3.33. The second-order valence-corrected chi connectivity index (χ2v) is 6.62. The number of carbonyl (C=O) groups excluding carboxylic acids is 1. The van der Waals surface area contributed by atoms with Crippen LogP contribution in [0.4, 0.5) is 5.69 Å². The van der Waals surface area contributed by atoms with Crippen molar-refractivity contribution in [3.8, 4) is 10.8 Å². The molecule has 6 heteroatoms. The van der Waals surface area contributed by atoms with Crippen LogP contribution in [0.3, 0.4) is 0 Å². The molecule has 0 aliphatic carbocycles. The maximum absolute atomic E-state index is 12.6. The largest absolute Gasteiger partial charge is 0.320 e. The molecular weight excluding hydrogens is 320 g/mol. The standard InChI is InChI=1S/C18H18N4OS/c1-11(2)13-7-4-6-12(3)15(13)22-17(23)14-10-24-18(21-14)16-19-8-5-9-20-16/h4-11H,1-3H3,(H,22,23). The van der Waals surface area contributed by atoms with Crippen LogP contribution in [0.2, 0.25) is 0 Å². The molecule has 24 heavy (non-hydrogen) atoms. The smallest absolute Gasteiger partial charge is 0.275 e. The number of anilines is 1. The summed E-state index contributed by atoms with van der Waals surface area (Å²) in [5.74, 6) is 0.633. The fraction of sp³-hybridized carbons (Fsp3) is 0.222. The Labute approximate surface area is 144 Å². The van der Waals surface area contributed by atoms with E-state index in [-0.39, 0.29) is 5.91 Å². The van der Waals surface area contributed by atoms with Gasteiger partial charge in [-0.05, 0) is 30.0 Å². The lowest BCUT2D eigenvalue weighted by Crippen LogP contribution is -2.15. The second-order valence-electron chi connectivity index (χ2n) is 5.76. The van der Waals surface area contributed by atoms with Gasteiger partial charge in [-0.2, -0.15) is 0 Å². The highest BCUT2D eigenvalue weighted by Crippen LogP contribution is 2.28. The van der Waals surface area contributed by atoms with Crippen molar-refractivity contribution in [1.82, 2.24) is 15.0 Å². The van der Waals surface area contributed by atoms with E-state index >= 15 is 0 Å². The van der Waals surface area contributed by atoms with Crippen molar-refractivity contribution in [2.75, 3.05) is 5.32 Å². The summed E-state index contributed by atoms with van der Waals surface area (Å²) in [7, 11) is 0. The topological polar surface area (TPSA) is 67.8 Å². The van der Waals surface area contributed by atoms with E-state index in [9.17, 15) is 4.79 Å². The molecule has 0 atom stereocenters. The van der Waals surface area contributed by atoms with Crippen molar-refractivity contribution >= 4 is 22.9 Å². The van der Waals surface area contributed by atoms with Gasteiger partial charge in [-0.15, -0.1) is 11.3 Å². The van der Waals surface area contributed by atoms with Gasteiger partial charge in [0.25, 0.3) is 5.91 Å². The number of rotatable bonds is 4. The molecule has 2 aromatic heterocycles. The minimum atomic E-state index is -0.218. The summed E-state index contributed by atoms with van der Waals surface area (Å²) in [6.07, 6.45) is 3.32. The molecule has 0 bridgehead atoms. The number of hydrogen-bond acceptors (Lipinski definition) is 5. The van der Waals surface area contributed by atoms with Crippen LogP contribution in [0.5, 0.6) is 0 Å². The predicted octanol–water partition coefficient (Wildman–Crippen LogP) is 4.28. The number of aromatic nitrogens is 3. The van der Waals surface area contributed by atoms with Crippen LogP contribution in [-0.4, -0.2) is 20.9 Å². The molecule has 0 aliphatic heterocycles. The van der Waals surface area contributed by atoms with Gasteiger partial charge in [0.05, 0.1) is 0 Å². The highest BCUT2D eigenvalue weighted by atomic mass is 32.1. The van der Waals surface area contributed by atoms with Crippen LogP contribution in [0.15, 0.2) is 42.0 Å². The summed E-state index contributed by atoms with van der Waals surface area (Å²) in [4.78, 5) is 25.3. The maximum atomic E-state index is 12.6. The van der Waals surface area contributed by atoms with Crippen molar-refractivity contribution in [3.63, 3.8) is 0 Å². The van der Waals surface area contributed by atoms with Gasteiger partial charge in [-0.25, -0.2) is 15.0 Å². The lowest BCUT2D eigenvalue weighted by molar-refractivity contribution is 0.102. The first-order valence-electron chi connectivity index (χ1n) is 7.70. The summed E-state index contributed by atoms with van der Waals surface area (Å²) in [6, 6.07) is 7.79. The molecule has 2 heterocycles. The maximum Gasteiger partial charge on any atom is 0.275 e. The van der Waals surface area contributed by atoms with E-state index < -0.39 is 0 Å². The number of benzene rings is 1. The number of carbonyl (C=O) groups is 1. The van der Waals surface area contributed by atoms with E-state index in [4.69, 9.17) is 0 Å². The van der Waals surface area contributed by atoms with Crippen LogP contribution in [-0.2, 0) is 0 Å². The number of para-hydroxylation sites is 1. The highest BCUT2D eigenvalue weighted by Gasteiger charge is 2.16. The Kier molecular flexibility index (Phi) is 4.66. The average molecular weight is 338 g/mol. The summed E-state index contributed by atoms with van der Waals surface area (Å²) in [5.41, 5.74) is 3.39. The molecular formula is C18H18N4OS. The van der Waals surface area contributed by atoms with Crippen LogP contribution in [0.25, 0.3) is 10.8 Å². The zero-order valence-electron chi connectivity index (χ0n) is 13.8. The number of amides is 1. The molecule has 122 valence electrons. The molecule has 3 rings (SSSR count). The first-order chi connectivity index (χ1) is 11.6. The van der Waals surface area contributed by atoms with Crippen molar-refractivity contribution in [3.05, 3.63) is 58.9 Å². The van der Waals surface area contributed by atoms with E-state index in [2.05, 4.69) is 34.1 Å². The number of hydrogen-bond donors (Lipinski definition) is 1. The van der Waals surface area contributed by atoms with Crippen molar-refractivity contribution in [2.45, 2.75) is 26.7 Å². The Bertz CT molecular complexity index is 858. The van der Waals surface area contributed by atoms with Gasteiger partial charge >= 0.3 is 0 Å². The molecule has 0 unspecified atom stereocenters. The Hall–Kier alpha value is -2.60. The minimum absolute atomic E-state index is 0.218. The average Bonchev–Trinajstić information content (AvgIpc) is 3.07. The lowest BCUT2D eigenvalue weighted by Gasteiger charge is -2.15. The first kappa shape index (κ1) is 16.3. The van der Waals surface area contributed by atoms with E-state index in [1.54, 1.807) is 23.8 Å². The van der Waals surface area contributed by atoms with E-state index in [0.29, 0.717) is 22.4 Å². The highest BCUT2D eigenvalue weighted by molar-refractivity contribution is 7.13. The van der Waals surface area contributed by atoms with Gasteiger partial charge in [0.2, 0.25) is 0 Å². The molecule has 3 aromatic rings. The quantitative estimate of drug-likeness (QED) is 0.771. The van der Waals surface area contributed by atoms with Gasteiger partial charge < -0.3 is 5.32 Å². The molecule has 0 fully saturated rings. The van der Waals surface area contributed by atoms with Crippen LogP contribution >= 0.6 is 11.3 Å². The molecule has 0 saturated carbocycles. The van der Waals surface area contributed by atoms with Crippen LogP contribution < -0.4 is 5.32 Å². The number of nitrogens with one attached hydrogen (secondary N) is 1. The van der Waals surface area contributed by atoms with Crippen LogP contribution in [0, 0.1) is 6.92 Å². The Balaban J connectivity index is 1.86. The fourth-order valence-corrected chi connectivity index (χ4v) is 3.16. The lowest BCUT2D eigenvalue weighted by atomic mass is 9.98. The molecule has 0 spiro atoms. The molecule has 0 radical (unpaired) electrons. The Morgan fingerprint density at radius 3 is 2.62 bits per heavy atom. The fourth-order valence-electron chi connectivity index (χ4n) is 2.41. The molecule has 0 saturated heterocycles. The second kappa shape index (κ2) is 6.88. The third-order valence-corrected chi connectivity index (χ3v) is 4.50. The number of thiazole rings is 1. The van der Waals surface area contributed by atoms with E-state index in [0.717, 1.165) is 16.8 Å². The molecule has 1 N–H and O–H groups in total. The number of aryl methyl sites for hydroxylation is 1. The Morgan fingerprint density at radius 1 is 1.17 bits per heavy atom. The van der Waals surface area contributed by atoms with Crippen molar-refractivity contribution < 1.29 is 4.79 Å². The van der Waals surface area contributed by atoms with E-state index in [1.807, 2.05) is 25.1 Å². The predicted molar refractivity (Wildman–Crippen MR) is 96.4 cm³/mol. The monoisotopic (exact) mass is 338 g/mol. The minimum Gasteiger partial charge on any atom is -0.320 e. The summed E-state index contributed by atoms with van der Waals surface area (Å²) < 4.78 is 0. The van der Waals surface area contributed by atoms with Gasteiger partial charge in [0.1, 0.15) is 5.69 Å². The first-order valence-corrected chi connectivity index (χ1v) is 8.58. The molecule has 1 aromatic carbocycles. The molecule has 0 aliphatic rings. The SMILES string of the molecule is Cc1cccc(C(C)C)c1NC(=O)c1csc(-c2ncccn2)n1. The van der Waals surface area contributed by atoms with E-state index in [1.165, 1.54) is 11.3 Å².